The number of nitriles is 1. The number of aryl methyl sites for hydroxylation is 1. The molecule has 0 saturated heterocycles. The summed E-state index contributed by atoms with van der Waals surface area (Å²) < 4.78 is 0. The smallest absolute Gasteiger partial charge is 0.0897 e. The first kappa shape index (κ1) is 11.6. The Balaban J connectivity index is 1.87. The topological polar surface area (TPSA) is 48.7 Å². The Morgan fingerprint density at radius 2 is 2.38 bits per heavy atom. The predicted octanol–water partition coefficient (Wildman–Crippen LogP) is 2.62. The molecule has 1 saturated carbocycles. The van der Waals surface area contributed by atoms with Crippen LogP contribution in [-0.4, -0.2) is 11.0 Å². The molecule has 1 aromatic rings. The fourth-order valence-corrected chi connectivity index (χ4v) is 2.99. The lowest BCUT2D eigenvalue weighted by atomic mass is 9.85. The molecule has 0 spiro atoms. The van der Waals surface area contributed by atoms with Gasteiger partial charge in [0.2, 0.25) is 0 Å². The lowest BCUT2D eigenvalue weighted by molar-refractivity contribution is 0.312. The summed E-state index contributed by atoms with van der Waals surface area (Å²) in [6, 6.07) is 2.80. The molecule has 1 aromatic heterocycles. The second kappa shape index (κ2) is 5.42. The van der Waals surface area contributed by atoms with Crippen molar-refractivity contribution in [2.24, 2.45) is 5.92 Å². The first-order chi connectivity index (χ1) is 7.79. The van der Waals surface area contributed by atoms with Gasteiger partial charge in [0.05, 0.1) is 17.0 Å². The highest BCUT2D eigenvalue weighted by atomic mass is 32.1. The minimum absolute atomic E-state index is 0.197. The Bertz CT molecular complexity index is 380. The summed E-state index contributed by atoms with van der Waals surface area (Å²) in [5.41, 5.74) is 0. The van der Waals surface area contributed by atoms with Gasteiger partial charge in [-0.2, -0.15) is 5.26 Å². The fourth-order valence-electron chi connectivity index (χ4n) is 2.25. The van der Waals surface area contributed by atoms with Crippen molar-refractivity contribution < 1.29 is 0 Å². The first-order valence-electron chi connectivity index (χ1n) is 5.84. The number of thiazole rings is 1. The molecule has 0 radical (unpaired) electrons. The summed E-state index contributed by atoms with van der Waals surface area (Å²) >= 11 is 1.73. The van der Waals surface area contributed by atoms with Gasteiger partial charge in [0.25, 0.3) is 0 Å². The number of nitrogens with one attached hydrogen (secondary N) is 1. The Morgan fingerprint density at radius 1 is 1.56 bits per heavy atom. The van der Waals surface area contributed by atoms with E-state index in [0.29, 0.717) is 6.04 Å². The van der Waals surface area contributed by atoms with Crippen molar-refractivity contribution in [3.63, 3.8) is 0 Å². The molecule has 1 aliphatic carbocycles. The van der Waals surface area contributed by atoms with Crippen LogP contribution in [-0.2, 0) is 6.54 Å². The van der Waals surface area contributed by atoms with Gasteiger partial charge >= 0.3 is 0 Å². The third-order valence-electron chi connectivity index (χ3n) is 3.14. The lowest BCUT2D eigenvalue weighted by Crippen LogP contribution is -2.37. The molecule has 86 valence electrons. The highest BCUT2D eigenvalue weighted by Gasteiger charge is 2.24. The molecule has 2 atom stereocenters. The SMILES string of the molecule is Cc1ncc(CNC2CCCCC2C#N)s1. The Kier molecular flexibility index (Phi) is 3.92. The summed E-state index contributed by atoms with van der Waals surface area (Å²) in [5.74, 6) is 0.197. The van der Waals surface area contributed by atoms with Crippen molar-refractivity contribution in [1.82, 2.24) is 10.3 Å². The summed E-state index contributed by atoms with van der Waals surface area (Å²) in [7, 11) is 0. The molecule has 2 unspecified atom stereocenters. The van der Waals surface area contributed by atoms with Crippen LogP contribution in [0.2, 0.25) is 0 Å². The van der Waals surface area contributed by atoms with E-state index < -0.39 is 0 Å². The van der Waals surface area contributed by atoms with Crippen LogP contribution in [0.15, 0.2) is 6.20 Å². The Labute approximate surface area is 101 Å². The van der Waals surface area contributed by atoms with Crippen molar-refractivity contribution in [3.05, 3.63) is 16.1 Å². The third kappa shape index (κ3) is 2.81. The van der Waals surface area contributed by atoms with Crippen LogP contribution in [0.3, 0.4) is 0 Å². The Hall–Kier alpha value is -0.920. The summed E-state index contributed by atoms with van der Waals surface area (Å²) in [6.45, 7) is 2.88. The average molecular weight is 235 g/mol. The average Bonchev–Trinajstić information content (AvgIpc) is 2.73. The van der Waals surface area contributed by atoms with Crippen LogP contribution in [0.5, 0.6) is 0 Å². The summed E-state index contributed by atoms with van der Waals surface area (Å²) in [5, 5.41) is 13.7. The second-order valence-electron chi connectivity index (χ2n) is 4.35. The number of aromatic nitrogens is 1. The first-order valence-corrected chi connectivity index (χ1v) is 6.65. The molecule has 1 aliphatic rings. The van der Waals surface area contributed by atoms with E-state index in [1.165, 1.54) is 17.7 Å². The van der Waals surface area contributed by atoms with Crippen molar-refractivity contribution in [2.45, 2.75) is 45.2 Å². The molecule has 0 aliphatic heterocycles. The number of hydrogen-bond donors (Lipinski definition) is 1. The van der Waals surface area contributed by atoms with Crippen LogP contribution < -0.4 is 5.32 Å². The Morgan fingerprint density at radius 3 is 3.06 bits per heavy atom. The molecule has 1 N–H and O–H groups in total. The predicted molar refractivity (Wildman–Crippen MR) is 65.0 cm³/mol. The van der Waals surface area contributed by atoms with Gasteiger partial charge in [0, 0.05) is 23.7 Å². The molecule has 1 heterocycles. The number of hydrogen-bond acceptors (Lipinski definition) is 4. The van der Waals surface area contributed by atoms with Gasteiger partial charge in [-0.05, 0) is 19.8 Å². The second-order valence-corrected chi connectivity index (χ2v) is 5.67. The monoisotopic (exact) mass is 235 g/mol. The van der Waals surface area contributed by atoms with E-state index >= 15 is 0 Å². The van der Waals surface area contributed by atoms with E-state index in [0.717, 1.165) is 24.4 Å². The molecule has 1 fully saturated rings. The molecule has 4 heteroatoms. The molecule has 0 amide bonds. The van der Waals surface area contributed by atoms with Gasteiger partial charge in [0.15, 0.2) is 0 Å². The number of nitrogens with zero attached hydrogens (tertiary/aromatic N) is 2. The van der Waals surface area contributed by atoms with Gasteiger partial charge in [-0.15, -0.1) is 11.3 Å². The molecule has 0 aromatic carbocycles. The molecular formula is C12H17N3S. The third-order valence-corrected chi connectivity index (χ3v) is 4.05. The fraction of sp³-hybridized carbons (Fsp3) is 0.667. The van der Waals surface area contributed by atoms with Gasteiger partial charge < -0.3 is 5.32 Å². The lowest BCUT2D eigenvalue weighted by Gasteiger charge is -2.27. The molecule has 3 nitrogen and oxygen atoms in total. The molecule has 16 heavy (non-hydrogen) atoms. The van der Waals surface area contributed by atoms with E-state index in [4.69, 9.17) is 5.26 Å². The minimum atomic E-state index is 0.197. The standard InChI is InChI=1S/C12H17N3S/c1-9-14-7-11(16-9)8-15-12-5-3-2-4-10(12)6-13/h7,10,12,15H,2-5,8H2,1H3. The summed E-state index contributed by atoms with van der Waals surface area (Å²) in [4.78, 5) is 5.50. The van der Waals surface area contributed by atoms with Crippen LogP contribution in [0.4, 0.5) is 0 Å². The van der Waals surface area contributed by atoms with Gasteiger partial charge in [-0.1, -0.05) is 12.8 Å². The summed E-state index contributed by atoms with van der Waals surface area (Å²) in [6.07, 6.45) is 6.57. The van der Waals surface area contributed by atoms with Crippen molar-refractivity contribution >= 4 is 11.3 Å². The maximum atomic E-state index is 9.06. The molecule has 2 rings (SSSR count). The normalized spacial score (nSPS) is 25.2. The van der Waals surface area contributed by atoms with Crippen LogP contribution in [0.25, 0.3) is 0 Å². The zero-order chi connectivity index (χ0) is 11.4. The highest BCUT2D eigenvalue weighted by molar-refractivity contribution is 7.11. The quantitative estimate of drug-likeness (QED) is 0.876. The van der Waals surface area contributed by atoms with Crippen LogP contribution >= 0.6 is 11.3 Å². The molecule has 0 bridgehead atoms. The highest BCUT2D eigenvalue weighted by Crippen LogP contribution is 2.24. The number of rotatable bonds is 3. The van der Waals surface area contributed by atoms with Crippen LogP contribution in [0.1, 0.15) is 35.6 Å². The zero-order valence-electron chi connectivity index (χ0n) is 9.57. The zero-order valence-corrected chi connectivity index (χ0v) is 10.4. The van der Waals surface area contributed by atoms with Gasteiger partial charge in [-0.25, -0.2) is 4.98 Å². The van der Waals surface area contributed by atoms with E-state index in [-0.39, 0.29) is 5.92 Å². The largest absolute Gasteiger partial charge is 0.308 e. The van der Waals surface area contributed by atoms with Crippen molar-refractivity contribution in [1.29, 1.82) is 5.26 Å². The maximum Gasteiger partial charge on any atom is 0.0897 e. The van der Waals surface area contributed by atoms with Gasteiger partial charge in [-0.3, -0.25) is 0 Å². The van der Waals surface area contributed by atoms with Crippen molar-refractivity contribution in [2.75, 3.05) is 0 Å². The minimum Gasteiger partial charge on any atom is -0.308 e. The van der Waals surface area contributed by atoms with E-state index in [2.05, 4.69) is 16.4 Å². The van der Waals surface area contributed by atoms with Crippen LogP contribution in [0, 0.1) is 24.2 Å². The van der Waals surface area contributed by atoms with E-state index in [9.17, 15) is 0 Å². The van der Waals surface area contributed by atoms with E-state index in [1.54, 1.807) is 11.3 Å². The van der Waals surface area contributed by atoms with Gasteiger partial charge in [0.1, 0.15) is 0 Å². The van der Waals surface area contributed by atoms with E-state index in [1.807, 2.05) is 13.1 Å². The molecular weight excluding hydrogens is 218 g/mol. The van der Waals surface area contributed by atoms with Crippen molar-refractivity contribution in [3.8, 4) is 6.07 Å². The maximum absolute atomic E-state index is 9.06.